The number of rotatable bonds is 2. The molecule has 0 bridgehead atoms. The zero-order valence-electron chi connectivity index (χ0n) is 5.81. The van der Waals surface area contributed by atoms with Crippen molar-refractivity contribution in [3.05, 3.63) is 0 Å². The second kappa shape index (κ2) is 10.4. The van der Waals surface area contributed by atoms with Crippen molar-refractivity contribution >= 4 is 22.4 Å². The van der Waals surface area contributed by atoms with E-state index in [2.05, 4.69) is 43.1 Å². The third-order valence-electron chi connectivity index (χ3n) is 0.866. The maximum atomic E-state index is 3.67. The lowest BCUT2D eigenvalue weighted by Gasteiger charge is -1.95. The summed E-state index contributed by atoms with van der Waals surface area (Å²) in [5.74, 6) is 0.898. The Kier molecular flexibility index (Phi) is 14.7. The smallest absolute Gasteiger partial charge is 0 e. The van der Waals surface area contributed by atoms with Gasteiger partial charge in [0.1, 0.15) is 0 Å². The van der Waals surface area contributed by atoms with E-state index in [9.17, 15) is 0 Å². The molecule has 8 heavy (non-hydrogen) atoms. The average molecular weight is 150 g/mol. The Hall–Kier alpha value is 0.440. The summed E-state index contributed by atoms with van der Waals surface area (Å²) in [7, 11) is 0. The van der Waals surface area contributed by atoms with Gasteiger partial charge in [0.15, 0.2) is 0 Å². The van der Waals surface area contributed by atoms with E-state index < -0.39 is 0 Å². The molecule has 2 heteroatoms. The second-order valence-electron chi connectivity index (χ2n) is 2.18. The van der Waals surface area contributed by atoms with Gasteiger partial charge in [0.2, 0.25) is 0 Å². The molecule has 0 rings (SSSR count). The highest BCUT2D eigenvalue weighted by Crippen LogP contribution is 2.00. The molecule has 0 unspecified atom stereocenters. The minimum absolute atomic E-state index is 0.898. The van der Waals surface area contributed by atoms with Crippen LogP contribution in [0.25, 0.3) is 0 Å². The van der Waals surface area contributed by atoms with Gasteiger partial charge in [0.25, 0.3) is 0 Å². The molecule has 0 N–H and O–H groups in total. The summed E-state index contributed by atoms with van der Waals surface area (Å²) in [6.07, 6.45) is 2.71. The van der Waals surface area contributed by atoms with E-state index in [1.807, 2.05) is 0 Å². The monoisotopic (exact) mass is 150 g/mol. The van der Waals surface area contributed by atoms with Crippen molar-refractivity contribution in [3.8, 4) is 0 Å². The van der Waals surface area contributed by atoms with E-state index in [1.54, 1.807) is 0 Å². The summed E-state index contributed by atoms with van der Waals surface area (Å²) in [4.78, 5) is 0. The Balaban J connectivity index is 0. The van der Waals surface area contributed by atoms with Crippen LogP contribution in [0, 0.1) is 5.92 Å². The van der Waals surface area contributed by atoms with Crippen molar-refractivity contribution in [3.63, 3.8) is 0 Å². The molecule has 0 aliphatic heterocycles. The van der Waals surface area contributed by atoms with Gasteiger partial charge < -0.3 is 0 Å². The van der Waals surface area contributed by atoms with Crippen LogP contribution >= 0.6 is 0 Å². The predicted octanol–water partition coefficient (Wildman–Crippen LogP) is 2.44. The third-order valence-corrected chi connectivity index (χ3v) is 0.866. The fourth-order valence-corrected chi connectivity index (χ4v) is 0.577. The molecule has 0 amide bonds. The molecule has 0 aromatic rings. The van der Waals surface area contributed by atoms with Crippen molar-refractivity contribution in [2.75, 3.05) is 0 Å². The summed E-state index contributed by atoms with van der Waals surface area (Å²) in [6.45, 7) is 6.73. The summed E-state index contributed by atoms with van der Waals surface area (Å²) >= 11 is 7.33. The van der Waals surface area contributed by atoms with Gasteiger partial charge in [0, 0.05) is 22.4 Å². The molecule has 0 spiro atoms. The zero-order valence-corrected chi connectivity index (χ0v) is 7.44. The second-order valence-corrected chi connectivity index (χ2v) is 2.18. The van der Waals surface area contributed by atoms with Crippen molar-refractivity contribution in [2.24, 2.45) is 5.92 Å². The van der Waals surface area contributed by atoms with Crippen molar-refractivity contribution in [1.82, 2.24) is 0 Å². The van der Waals surface area contributed by atoms with Crippen LogP contribution < -0.4 is 0 Å². The van der Waals surface area contributed by atoms with Crippen molar-refractivity contribution < 1.29 is 0 Å². The Labute approximate surface area is 62.3 Å². The SMILES string of the molecule is CCCC(C)C.S=S. The highest BCUT2D eigenvalue weighted by atomic mass is 32.8. The Morgan fingerprint density at radius 2 is 1.62 bits per heavy atom. The minimum Gasteiger partial charge on any atom is -0.0654 e. The Bertz CT molecular complexity index is 35.5. The summed E-state index contributed by atoms with van der Waals surface area (Å²) in [5.41, 5.74) is 0. The zero-order chi connectivity index (χ0) is 6.99. The first-order valence-electron chi connectivity index (χ1n) is 2.94. The van der Waals surface area contributed by atoms with Crippen LogP contribution in [0.5, 0.6) is 0 Å². The quantitative estimate of drug-likeness (QED) is 0.593. The van der Waals surface area contributed by atoms with Gasteiger partial charge in [-0.2, -0.15) is 0 Å². The van der Waals surface area contributed by atoms with E-state index in [-0.39, 0.29) is 0 Å². The summed E-state index contributed by atoms with van der Waals surface area (Å²) in [5, 5.41) is 0. The van der Waals surface area contributed by atoms with E-state index in [0.29, 0.717) is 0 Å². The van der Waals surface area contributed by atoms with Crippen molar-refractivity contribution in [2.45, 2.75) is 33.6 Å². The largest absolute Gasteiger partial charge is 0.0654 e. The lowest BCUT2D eigenvalue weighted by atomic mass is 10.1. The first kappa shape index (κ1) is 11.3. The third kappa shape index (κ3) is 16.1. The Morgan fingerprint density at radius 1 is 1.25 bits per heavy atom. The molecule has 0 atom stereocenters. The van der Waals surface area contributed by atoms with E-state index in [1.165, 1.54) is 12.8 Å². The van der Waals surface area contributed by atoms with Gasteiger partial charge in [-0.1, -0.05) is 33.6 Å². The van der Waals surface area contributed by atoms with Crippen molar-refractivity contribution in [1.29, 1.82) is 0 Å². The van der Waals surface area contributed by atoms with Gasteiger partial charge in [-0.05, 0) is 5.92 Å². The van der Waals surface area contributed by atoms with Gasteiger partial charge in [0.05, 0.1) is 0 Å². The fraction of sp³-hybridized carbons (Fsp3) is 1.00. The lowest BCUT2D eigenvalue weighted by Crippen LogP contribution is -1.81. The van der Waals surface area contributed by atoms with Crippen LogP contribution in [-0.4, -0.2) is 0 Å². The van der Waals surface area contributed by atoms with Crippen LogP contribution in [0.3, 0.4) is 0 Å². The lowest BCUT2D eigenvalue weighted by molar-refractivity contribution is 0.576. The first-order valence-corrected chi connectivity index (χ1v) is 4.27. The normalized spacial score (nSPS) is 8.00. The van der Waals surface area contributed by atoms with Crippen LogP contribution in [0.15, 0.2) is 0 Å². The molecule has 0 fully saturated rings. The van der Waals surface area contributed by atoms with Crippen LogP contribution in [0.4, 0.5) is 0 Å². The van der Waals surface area contributed by atoms with E-state index in [4.69, 9.17) is 0 Å². The summed E-state index contributed by atoms with van der Waals surface area (Å²) in [6, 6.07) is 0. The summed E-state index contributed by atoms with van der Waals surface area (Å²) < 4.78 is 0. The molecule has 0 saturated heterocycles. The van der Waals surface area contributed by atoms with E-state index in [0.717, 1.165) is 5.92 Å². The molecule has 0 aliphatic rings. The first-order chi connectivity index (χ1) is 3.77. The topological polar surface area (TPSA) is 0 Å². The molecular formula is C6H14S2. The van der Waals surface area contributed by atoms with E-state index >= 15 is 0 Å². The van der Waals surface area contributed by atoms with Crippen LogP contribution in [-0.2, 0) is 22.4 Å². The molecule has 0 aromatic carbocycles. The van der Waals surface area contributed by atoms with Crippen LogP contribution in [0.2, 0.25) is 0 Å². The minimum atomic E-state index is 0.898. The fourth-order valence-electron chi connectivity index (χ4n) is 0.577. The molecule has 0 saturated carbocycles. The van der Waals surface area contributed by atoms with Gasteiger partial charge in [-0.25, -0.2) is 0 Å². The molecule has 50 valence electrons. The van der Waals surface area contributed by atoms with Crippen LogP contribution in [0.1, 0.15) is 33.6 Å². The highest BCUT2D eigenvalue weighted by molar-refractivity contribution is 8.07. The standard InChI is InChI=1S/C6H14.S2/c1-4-5-6(2)3;1-2/h6H,4-5H2,1-3H3;. The number of hydrogen-bond acceptors (Lipinski definition) is 2. The highest BCUT2D eigenvalue weighted by Gasteiger charge is 1.85. The average Bonchev–Trinajstić information content (AvgIpc) is 1.72. The molecule has 0 radical (unpaired) electrons. The Morgan fingerprint density at radius 3 is 1.62 bits per heavy atom. The van der Waals surface area contributed by atoms with Gasteiger partial charge in [-0.15, -0.1) is 0 Å². The molecule has 0 nitrogen and oxygen atoms in total. The predicted molar refractivity (Wildman–Crippen MR) is 44.5 cm³/mol. The molecule has 0 aromatic heterocycles. The van der Waals surface area contributed by atoms with Gasteiger partial charge >= 0.3 is 0 Å². The molecule has 0 aliphatic carbocycles. The number of hydrogen-bond donors (Lipinski definition) is 0. The molecular weight excluding hydrogens is 136 g/mol. The van der Waals surface area contributed by atoms with Gasteiger partial charge in [-0.3, -0.25) is 0 Å². The molecule has 0 heterocycles. The maximum absolute atomic E-state index is 3.67. The maximum Gasteiger partial charge on any atom is 0 e.